The molecule has 0 fully saturated rings. The zero-order valence-corrected chi connectivity index (χ0v) is 19.8. The second-order valence-corrected chi connectivity index (χ2v) is 9.40. The highest BCUT2D eigenvalue weighted by Crippen LogP contribution is 2.41. The summed E-state index contributed by atoms with van der Waals surface area (Å²) in [5.74, 6) is -0.505. The molecule has 12 heteroatoms. The molecule has 0 bridgehead atoms. The van der Waals surface area contributed by atoms with Gasteiger partial charge in [-0.3, -0.25) is 9.69 Å². The van der Waals surface area contributed by atoms with E-state index in [0.717, 1.165) is 28.2 Å². The van der Waals surface area contributed by atoms with E-state index in [2.05, 4.69) is 9.18 Å². The van der Waals surface area contributed by atoms with Crippen LogP contribution in [0, 0.1) is 0 Å². The van der Waals surface area contributed by atoms with E-state index in [9.17, 15) is 26.4 Å². The summed E-state index contributed by atoms with van der Waals surface area (Å²) >= 11 is 0. The summed E-state index contributed by atoms with van der Waals surface area (Å²) in [5.41, 5.74) is 0.980. The van der Waals surface area contributed by atoms with Crippen LogP contribution in [-0.4, -0.2) is 44.9 Å². The van der Waals surface area contributed by atoms with Crippen molar-refractivity contribution in [1.82, 2.24) is 4.90 Å². The predicted octanol–water partition coefficient (Wildman–Crippen LogP) is 3.62. The molecular weight excluding hydrogens is 499 g/mol. The Morgan fingerprint density at radius 3 is 2.08 bits per heavy atom. The number of hydrogen-bond donors (Lipinski definition) is 1. The second kappa shape index (κ2) is 8.86. The summed E-state index contributed by atoms with van der Waals surface area (Å²) in [6.07, 6.45) is 0. The molecule has 36 heavy (non-hydrogen) atoms. The van der Waals surface area contributed by atoms with Crippen molar-refractivity contribution in [3.8, 4) is 22.6 Å². The number of carbonyl (C=O) groups excluding carboxylic acids is 1. The summed E-state index contributed by atoms with van der Waals surface area (Å²) < 4.78 is 70.2. The maximum atomic E-state index is 13.5. The van der Waals surface area contributed by atoms with E-state index >= 15 is 0 Å². The van der Waals surface area contributed by atoms with Crippen LogP contribution in [0.15, 0.2) is 77.8 Å². The second-order valence-electron chi connectivity index (χ2n) is 7.86. The first kappa shape index (κ1) is 25.0. The minimum atomic E-state index is -5.85. The number of alkyl halides is 3. The van der Waals surface area contributed by atoms with Crippen molar-refractivity contribution in [2.24, 2.45) is 10.7 Å². The Morgan fingerprint density at radius 2 is 1.53 bits per heavy atom. The van der Waals surface area contributed by atoms with Crippen LogP contribution >= 0.6 is 0 Å². The molecule has 0 radical (unpaired) electrons. The maximum absolute atomic E-state index is 13.5. The van der Waals surface area contributed by atoms with Crippen molar-refractivity contribution in [2.75, 3.05) is 14.2 Å². The summed E-state index contributed by atoms with van der Waals surface area (Å²) in [6.45, 7) is 0. The van der Waals surface area contributed by atoms with Crippen LogP contribution in [0.2, 0.25) is 0 Å². The molecule has 4 rings (SSSR count). The Balaban J connectivity index is 1.81. The van der Waals surface area contributed by atoms with E-state index in [1.165, 1.54) is 19.2 Å². The van der Waals surface area contributed by atoms with Gasteiger partial charge in [0, 0.05) is 7.05 Å². The summed E-state index contributed by atoms with van der Waals surface area (Å²) in [7, 11) is -2.86. The van der Waals surface area contributed by atoms with Crippen molar-refractivity contribution >= 4 is 22.0 Å². The average molecular weight is 520 g/mol. The largest absolute Gasteiger partial charge is 0.534 e. The van der Waals surface area contributed by atoms with E-state index in [-0.39, 0.29) is 11.5 Å². The molecule has 188 valence electrons. The quantitative estimate of drug-likeness (QED) is 0.393. The number of benzene rings is 3. The Kier molecular flexibility index (Phi) is 6.17. The Labute approximate surface area is 204 Å². The number of rotatable bonds is 6. The highest BCUT2D eigenvalue weighted by Gasteiger charge is 2.50. The molecule has 0 unspecified atom stereocenters. The van der Waals surface area contributed by atoms with Crippen LogP contribution in [0.4, 0.5) is 13.2 Å². The molecule has 0 saturated heterocycles. The Morgan fingerprint density at radius 1 is 0.917 bits per heavy atom. The van der Waals surface area contributed by atoms with Gasteiger partial charge in [0.2, 0.25) is 0 Å². The minimum Gasteiger partial charge on any atom is -0.497 e. The summed E-state index contributed by atoms with van der Waals surface area (Å²) in [5, 5.41) is 0. The highest BCUT2D eigenvalue weighted by molar-refractivity contribution is 7.88. The predicted molar refractivity (Wildman–Crippen MR) is 126 cm³/mol. The van der Waals surface area contributed by atoms with Gasteiger partial charge in [-0.2, -0.15) is 21.6 Å². The molecule has 0 spiro atoms. The molecule has 3 aromatic carbocycles. The molecule has 3 aromatic rings. The van der Waals surface area contributed by atoms with Crippen LogP contribution in [0.25, 0.3) is 11.1 Å². The number of nitrogens with zero attached hydrogens (tertiary/aromatic N) is 2. The number of carbonyl (C=O) groups is 1. The van der Waals surface area contributed by atoms with Crippen LogP contribution in [0.5, 0.6) is 11.5 Å². The Bertz CT molecular complexity index is 1460. The van der Waals surface area contributed by atoms with Crippen LogP contribution in [-0.2, 0) is 20.5 Å². The van der Waals surface area contributed by atoms with E-state index in [4.69, 9.17) is 10.5 Å². The molecule has 1 amide bonds. The van der Waals surface area contributed by atoms with Crippen molar-refractivity contribution < 1.29 is 35.3 Å². The van der Waals surface area contributed by atoms with Gasteiger partial charge in [-0.1, -0.05) is 42.5 Å². The molecule has 1 aliphatic heterocycles. The van der Waals surface area contributed by atoms with Gasteiger partial charge in [0.25, 0.3) is 5.91 Å². The molecular formula is C24H20F3N3O5S. The van der Waals surface area contributed by atoms with E-state index in [0.29, 0.717) is 11.3 Å². The van der Waals surface area contributed by atoms with Crippen molar-refractivity contribution in [1.29, 1.82) is 0 Å². The lowest BCUT2D eigenvalue weighted by Crippen LogP contribution is -2.41. The summed E-state index contributed by atoms with van der Waals surface area (Å²) in [6, 6.07) is 18.9. The van der Waals surface area contributed by atoms with E-state index in [1.54, 1.807) is 31.4 Å². The third-order valence-electron chi connectivity index (χ3n) is 5.68. The molecule has 0 saturated carbocycles. The Hall–Kier alpha value is -4.06. The SMILES string of the molecule is COc1cccc(-c2cccc([C@]3(c4ccc(OS(=O)(=O)C(F)(F)F)cc4)N=C(N)N(C)C3=O)c2)c1. The fourth-order valence-corrected chi connectivity index (χ4v) is 4.30. The lowest BCUT2D eigenvalue weighted by molar-refractivity contribution is -0.129. The molecule has 1 atom stereocenters. The number of amides is 1. The molecule has 1 heterocycles. The van der Waals surface area contributed by atoms with E-state index in [1.807, 2.05) is 24.3 Å². The average Bonchev–Trinajstić information content (AvgIpc) is 3.08. The molecule has 0 aromatic heterocycles. The van der Waals surface area contributed by atoms with Crippen molar-refractivity contribution in [3.05, 3.63) is 83.9 Å². The molecule has 8 nitrogen and oxygen atoms in total. The van der Waals surface area contributed by atoms with E-state index < -0.39 is 32.8 Å². The number of guanidine groups is 1. The first-order valence-electron chi connectivity index (χ1n) is 10.4. The topological polar surface area (TPSA) is 111 Å². The third kappa shape index (κ3) is 4.24. The fraction of sp³-hybridized carbons (Fsp3) is 0.167. The zero-order valence-electron chi connectivity index (χ0n) is 19.0. The van der Waals surface area contributed by atoms with Crippen LogP contribution in [0.3, 0.4) is 0 Å². The third-order valence-corrected chi connectivity index (χ3v) is 6.66. The monoisotopic (exact) mass is 519 g/mol. The zero-order chi connectivity index (χ0) is 26.3. The standard InChI is InChI=1S/C24H20F3N3O5S/c1-30-21(31)23(29-22(30)28,17-9-11-19(12-10-17)35-36(32,33)24(25,26)27)18-7-3-5-15(13-18)16-6-4-8-20(14-16)34-2/h3-14H,1-2H3,(H2,28,29)/t23-/m0/s1. The number of hydrogen-bond acceptors (Lipinski definition) is 7. The van der Waals surface area contributed by atoms with Gasteiger partial charge >= 0.3 is 15.6 Å². The van der Waals surface area contributed by atoms with Gasteiger partial charge in [-0.25, -0.2) is 4.99 Å². The first-order valence-corrected chi connectivity index (χ1v) is 11.8. The highest BCUT2D eigenvalue weighted by atomic mass is 32.2. The number of ether oxygens (including phenoxy) is 1. The normalized spacial score (nSPS) is 18.2. The summed E-state index contributed by atoms with van der Waals surface area (Å²) in [4.78, 5) is 19.1. The maximum Gasteiger partial charge on any atom is 0.534 e. The van der Waals surface area contributed by atoms with Crippen LogP contribution in [0.1, 0.15) is 11.1 Å². The van der Waals surface area contributed by atoms with Crippen LogP contribution < -0.4 is 14.7 Å². The smallest absolute Gasteiger partial charge is 0.497 e. The van der Waals surface area contributed by atoms with Gasteiger partial charge < -0.3 is 14.7 Å². The minimum absolute atomic E-state index is 0.0632. The van der Waals surface area contributed by atoms with Crippen molar-refractivity contribution in [2.45, 2.75) is 11.0 Å². The molecule has 0 aliphatic carbocycles. The molecule has 2 N–H and O–H groups in total. The first-order chi connectivity index (χ1) is 16.9. The van der Waals surface area contributed by atoms with Gasteiger partial charge in [0.15, 0.2) is 11.5 Å². The van der Waals surface area contributed by atoms with Gasteiger partial charge in [-0.15, -0.1) is 0 Å². The van der Waals surface area contributed by atoms with Gasteiger partial charge in [-0.05, 0) is 52.6 Å². The van der Waals surface area contributed by atoms with Gasteiger partial charge in [0.1, 0.15) is 11.5 Å². The number of likely N-dealkylation sites (N-methyl/N-ethyl adjacent to an activating group) is 1. The number of methoxy groups -OCH3 is 1. The number of nitrogens with two attached hydrogens (primary N) is 1. The lowest BCUT2D eigenvalue weighted by Gasteiger charge is -2.26. The number of halogens is 3. The lowest BCUT2D eigenvalue weighted by atomic mass is 9.81. The van der Waals surface area contributed by atoms with Gasteiger partial charge in [0.05, 0.1) is 7.11 Å². The number of aliphatic imine (C=N–C) groups is 1. The van der Waals surface area contributed by atoms with Crippen molar-refractivity contribution in [3.63, 3.8) is 0 Å². The molecule has 1 aliphatic rings. The fourth-order valence-electron chi connectivity index (χ4n) is 3.84.